The van der Waals surface area contributed by atoms with Gasteiger partial charge in [0, 0.05) is 17.2 Å². The molecule has 1 atom stereocenters. The predicted molar refractivity (Wildman–Crippen MR) is 65.2 cm³/mol. The van der Waals surface area contributed by atoms with Crippen molar-refractivity contribution in [1.82, 2.24) is 4.98 Å². The normalized spacial score (nSPS) is 12.4. The van der Waals surface area contributed by atoms with Crippen molar-refractivity contribution in [3.05, 3.63) is 11.1 Å². The van der Waals surface area contributed by atoms with Crippen LogP contribution in [-0.4, -0.2) is 33.6 Å². The van der Waals surface area contributed by atoms with E-state index in [2.05, 4.69) is 24.1 Å². The van der Waals surface area contributed by atoms with Gasteiger partial charge >= 0.3 is 5.97 Å². The molecule has 6 heteroatoms. The van der Waals surface area contributed by atoms with Crippen molar-refractivity contribution in [3.63, 3.8) is 0 Å². The smallest absolute Gasteiger partial charge is 0.355 e. The first kappa shape index (κ1) is 12.3. The molecule has 0 bridgehead atoms. The molecule has 0 aliphatic rings. The quantitative estimate of drug-likeness (QED) is 0.807. The number of hydrogen-bond acceptors (Lipinski definition) is 5. The molecule has 4 nitrogen and oxygen atoms in total. The van der Waals surface area contributed by atoms with E-state index in [1.54, 1.807) is 5.38 Å². The van der Waals surface area contributed by atoms with Crippen molar-refractivity contribution >= 4 is 34.2 Å². The first-order chi connectivity index (χ1) is 7.13. The Morgan fingerprint density at radius 1 is 1.80 bits per heavy atom. The summed E-state index contributed by atoms with van der Waals surface area (Å²) in [5.74, 6) is 1.11. The molecule has 0 aliphatic heterocycles. The molecule has 84 valence electrons. The van der Waals surface area contributed by atoms with Gasteiger partial charge in [0.05, 0.1) is 0 Å². The molecule has 1 aromatic rings. The van der Waals surface area contributed by atoms with Gasteiger partial charge in [0.25, 0.3) is 0 Å². The highest BCUT2D eigenvalue weighted by Crippen LogP contribution is 2.17. The Kier molecular flexibility index (Phi) is 4.90. The number of carboxylic acids is 1. The Labute approximate surface area is 97.1 Å². The summed E-state index contributed by atoms with van der Waals surface area (Å²) in [7, 11) is 0. The first-order valence-corrected chi connectivity index (χ1v) is 6.70. The van der Waals surface area contributed by atoms with E-state index in [4.69, 9.17) is 5.11 Å². The Morgan fingerprint density at radius 2 is 2.53 bits per heavy atom. The molecule has 0 amide bonds. The third-order valence-corrected chi connectivity index (χ3v) is 3.58. The molecule has 0 aliphatic carbocycles. The van der Waals surface area contributed by atoms with Gasteiger partial charge in [0.15, 0.2) is 10.8 Å². The number of nitrogens with zero attached hydrogens (tertiary/aromatic N) is 1. The van der Waals surface area contributed by atoms with Crippen LogP contribution in [0.5, 0.6) is 0 Å². The molecule has 0 saturated heterocycles. The zero-order chi connectivity index (χ0) is 11.3. The lowest BCUT2D eigenvalue weighted by Crippen LogP contribution is -2.18. The minimum atomic E-state index is -0.977. The van der Waals surface area contributed by atoms with Gasteiger partial charge in [-0.15, -0.1) is 11.3 Å². The Hall–Kier alpha value is -0.750. The van der Waals surface area contributed by atoms with Crippen LogP contribution < -0.4 is 5.32 Å². The van der Waals surface area contributed by atoms with Gasteiger partial charge in [-0.25, -0.2) is 9.78 Å². The van der Waals surface area contributed by atoms with E-state index < -0.39 is 5.97 Å². The van der Waals surface area contributed by atoms with Crippen molar-refractivity contribution in [2.24, 2.45) is 0 Å². The second-order valence-corrected chi connectivity index (χ2v) is 5.22. The molecule has 0 saturated carbocycles. The Bertz CT molecular complexity index is 328. The lowest BCUT2D eigenvalue weighted by atomic mass is 10.4. The fraction of sp³-hybridized carbons (Fsp3) is 0.556. The summed E-state index contributed by atoms with van der Waals surface area (Å²) in [5.41, 5.74) is 0.109. The predicted octanol–water partition coefficient (Wildman–Crippen LogP) is 2.39. The summed E-state index contributed by atoms with van der Waals surface area (Å²) in [5, 5.41) is 14.1. The molecule has 1 rings (SSSR count). The number of aromatic carboxylic acids is 1. The highest BCUT2D eigenvalue weighted by molar-refractivity contribution is 7.99. The minimum Gasteiger partial charge on any atom is -0.476 e. The van der Waals surface area contributed by atoms with Crippen LogP contribution in [0, 0.1) is 0 Å². The van der Waals surface area contributed by atoms with Crippen molar-refractivity contribution < 1.29 is 9.90 Å². The van der Waals surface area contributed by atoms with Crippen molar-refractivity contribution in [3.8, 4) is 0 Å². The second-order valence-electron chi connectivity index (χ2n) is 3.05. The van der Waals surface area contributed by atoms with Crippen LogP contribution in [0.25, 0.3) is 0 Å². The van der Waals surface area contributed by atoms with E-state index in [0.29, 0.717) is 11.2 Å². The van der Waals surface area contributed by atoms with Gasteiger partial charge in [-0.1, -0.05) is 6.92 Å². The molecule has 0 radical (unpaired) electrons. The van der Waals surface area contributed by atoms with E-state index in [0.717, 1.165) is 11.5 Å². The maximum absolute atomic E-state index is 10.6. The molecular formula is C9H14N2O2S2. The Balaban J connectivity index is 2.46. The maximum Gasteiger partial charge on any atom is 0.355 e. The van der Waals surface area contributed by atoms with Gasteiger partial charge in [-0.3, -0.25) is 0 Å². The molecular weight excluding hydrogens is 232 g/mol. The lowest BCUT2D eigenvalue weighted by Gasteiger charge is -2.11. The zero-order valence-corrected chi connectivity index (χ0v) is 10.3. The third kappa shape index (κ3) is 4.09. The number of carbonyl (C=O) groups is 1. The topological polar surface area (TPSA) is 62.2 Å². The summed E-state index contributed by atoms with van der Waals surface area (Å²) in [6, 6.07) is 0.308. The second kappa shape index (κ2) is 5.97. The fourth-order valence-electron chi connectivity index (χ4n) is 0.985. The number of anilines is 1. The van der Waals surface area contributed by atoms with Gasteiger partial charge in [0.1, 0.15) is 0 Å². The van der Waals surface area contributed by atoms with E-state index in [1.807, 2.05) is 11.8 Å². The number of thioether (sulfide) groups is 1. The van der Waals surface area contributed by atoms with Gasteiger partial charge in [0.2, 0.25) is 0 Å². The molecule has 0 spiro atoms. The van der Waals surface area contributed by atoms with Crippen LogP contribution in [0.3, 0.4) is 0 Å². The molecule has 1 aromatic heterocycles. The standard InChI is InChI=1S/C9H14N2O2S2/c1-3-14-4-6(2)10-9-11-7(5-15-9)8(12)13/h5-6H,3-4H2,1-2H3,(H,10,11)(H,12,13). The molecule has 15 heavy (non-hydrogen) atoms. The number of rotatable bonds is 6. The molecule has 0 aromatic carbocycles. The highest BCUT2D eigenvalue weighted by atomic mass is 32.2. The Morgan fingerprint density at radius 3 is 3.07 bits per heavy atom. The van der Waals surface area contributed by atoms with Crippen LogP contribution in [-0.2, 0) is 0 Å². The molecule has 0 fully saturated rings. The van der Waals surface area contributed by atoms with E-state index >= 15 is 0 Å². The van der Waals surface area contributed by atoms with Crippen molar-refractivity contribution in [2.45, 2.75) is 19.9 Å². The van der Waals surface area contributed by atoms with Crippen molar-refractivity contribution in [1.29, 1.82) is 0 Å². The van der Waals surface area contributed by atoms with Gasteiger partial charge < -0.3 is 10.4 Å². The van der Waals surface area contributed by atoms with Crippen LogP contribution in [0.4, 0.5) is 5.13 Å². The summed E-state index contributed by atoms with van der Waals surface area (Å²) in [4.78, 5) is 14.5. The molecule has 1 unspecified atom stereocenters. The van der Waals surface area contributed by atoms with Crippen LogP contribution >= 0.6 is 23.1 Å². The molecule has 2 N–H and O–H groups in total. The van der Waals surface area contributed by atoms with Crippen LogP contribution in [0.15, 0.2) is 5.38 Å². The minimum absolute atomic E-state index is 0.109. The fourth-order valence-corrected chi connectivity index (χ4v) is 2.45. The molecule has 1 heterocycles. The summed E-state index contributed by atoms with van der Waals surface area (Å²) in [6.45, 7) is 4.17. The number of thiazole rings is 1. The number of nitrogens with one attached hydrogen (secondary N) is 1. The van der Waals surface area contributed by atoms with E-state index in [9.17, 15) is 4.79 Å². The van der Waals surface area contributed by atoms with Crippen LogP contribution in [0.2, 0.25) is 0 Å². The number of hydrogen-bond donors (Lipinski definition) is 2. The highest BCUT2D eigenvalue weighted by Gasteiger charge is 2.10. The SMILES string of the molecule is CCSCC(C)Nc1nc(C(=O)O)cs1. The third-order valence-electron chi connectivity index (χ3n) is 1.67. The number of carboxylic acid groups (broad SMARTS) is 1. The van der Waals surface area contributed by atoms with Gasteiger partial charge in [-0.2, -0.15) is 11.8 Å². The summed E-state index contributed by atoms with van der Waals surface area (Å²) >= 11 is 3.17. The average molecular weight is 246 g/mol. The summed E-state index contributed by atoms with van der Waals surface area (Å²) < 4.78 is 0. The van der Waals surface area contributed by atoms with E-state index in [-0.39, 0.29) is 5.69 Å². The average Bonchev–Trinajstić information content (AvgIpc) is 2.63. The maximum atomic E-state index is 10.6. The zero-order valence-electron chi connectivity index (χ0n) is 8.69. The van der Waals surface area contributed by atoms with Gasteiger partial charge in [-0.05, 0) is 12.7 Å². The van der Waals surface area contributed by atoms with E-state index in [1.165, 1.54) is 11.3 Å². The summed E-state index contributed by atoms with van der Waals surface area (Å²) in [6.07, 6.45) is 0. The monoisotopic (exact) mass is 246 g/mol. The van der Waals surface area contributed by atoms with Crippen LogP contribution in [0.1, 0.15) is 24.3 Å². The lowest BCUT2D eigenvalue weighted by molar-refractivity contribution is 0.0691. The van der Waals surface area contributed by atoms with Crippen molar-refractivity contribution in [2.75, 3.05) is 16.8 Å². The number of aromatic nitrogens is 1. The first-order valence-electron chi connectivity index (χ1n) is 4.66. The largest absolute Gasteiger partial charge is 0.476 e.